The lowest BCUT2D eigenvalue weighted by Crippen LogP contribution is -2.40. The highest BCUT2D eigenvalue weighted by atomic mass is 32.2. The predicted octanol–water partition coefficient (Wildman–Crippen LogP) is 0.983. The van der Waals surface area contributed by atoms with Gasteiger partial charge in [-0.15, -0.1) is 0 Å². The van der Waals surface area contributed by atoms with E-state index in [-0.39, 0.29) is 22.5 Å². The Morgan fingerprint density at radius 1 is 1.30 bits per heavy atom. The molecule has 7 nitrogen and oxygen atoms in total. The molecule has 0 radical (unpaired) electrons. The number of carbonyl (C=O) groups excluding carboxylic acids is 2. The van der Waals surface area contributed by atoms with Crippen molar-refractivity contribution in [3.05, 3.63) is 17.2 Å². The lowest BCUT2D eigenvalue weighted by atomic mass is 10.1. The first kappa shape index (κ1) is 12.7. The van der Waals surface area contributed by atoms with Crippen molar-refractivity contribution in [3.63, 3.8) is 0 Å². The summed E-state index contributed by atoms with van der Waals surface area (Å²) < 4.78 is 68.6. The van der Waals surface area contributed by atoms with Crippen LogP contribution >= 0.6 is 0 Å². The van der Waals surface area contributed by atoms with E-state index in [1.807, 2.05) is 0 Å². The third kappa shape index (κ3) is 1.49. The third-order valence-electron chi connectivity index (χ3n) is 2.59. The number of ether oxygens (including phenoxy) is 1. The summed E-state index contributed by atoms with van der Waals surface area (Å²) in [6.45, 7) is 0. The summed E-state index contributed by atoms with van der Waals surface area (Å²) in [5.74, 6) is -2.57. The number of nitrogens with one attached hydrogen (secondary N) is 1. The number of esters is 1. The van der Waals surface area contributed by atoms with Gasteiger partial charge in [0.15, 0.2) is 11.3 Å². The van der Waals surface area contributed by atoms with Crippen LogP contribution in [0.25, 0.3) is 11.2 Å². The molecular formula is C9H2F3NO6S. The maximum absolute atomic E-state index is 12.2. The molecule has 0 aliphatic carbocycles. The molecule has 1 aliphatic heterocycles. The first-order valence-corrected chi connectivity index (χ1v) is 6.34. The van der Waals surface area contributed by atoms with E-state index in [1.165, 1.54) is 0 Å². The standard InChI is InChI=1S/C9H2F3NO6S/c10-9(11,12)20(16,17)13-7(14)4-2-1-3-6(18-2)5(4)8(15)19-3/h1H,(H,13,14). The van der Waals surface area contributed by atoms with Crippen LogP contribution < -0.4 is 9.46 Å². The minimum atomic E-state index is -5.87. The average Bonchev–Trinajstić information content (AvgIpc) is 2.86. The van der Waals surface area contributed by atoms with Gasteiger partial charge in [-0.2, -0.15) is 21.6 Å². The minimum Gasteiger partial charge on any atom is -0.451 e. The van der Waals surface area contributed by atoms with Crippen molar-refractivity contribution in [2.24, 2.45) is 0 Å². The highest BCUT2D eigenvalue weighted by Crippen LogP contribution is 2.42. The average molecular weight is 309 g/mol. The molecule has 3 heterocycles. The first-order valence-electron chi connectivity index (χ1n) is 4.86. The topological polar surface area (TPSA) is 103 Å². The van der Waals surface area contributed by atoms with Gasteiger partial charge >= 0.3 is 21.5 Å². The Bertz CT molecular complexity index is 849. The molecule has 1 amide bonds. The summed E-state index contributed by atoms with van der Waals surface area (Å²) in [6, 6.07) is 1.11. The van der Waals surface area contributed by atoms with Gasteiger partial charge in [0.2, 0.25) is 0 Å². The van der Waals surface area contributed by atoms with Crippen LogP contribution in [0.3, 0.4) is 0 Å². The monoisotopic (exact) mass is 309 g/mol. The Morgan fingerprint density at radius 2 is 1.95 bits per heavy atom. The van der Waals surface area contributed by atoms with Gasteiger partial charge in [-0.3, -0.25) is 4.79 Å². The lowest BCUT2D eigenvalue weighted by molar-refractivity contribution is -0.0446. The molecule has 1 N–H and O–H groups in total. The van der Waals surface area contributed by atoms with E-state index in [4.69, 9.17) is 4.42 Å². The molecule has 1 aliphatic rings. The highest BCUT2D eigenvalue weighted by Gasteiger charge is 2.48. The van der Waals surface area contributed by atoms with Gasteiger partial charge in [-0.25, -0.2) is 9.52 Å². The number of halogens is 3. The molecule has 0 unspecified atom stereocenters. The molecule has 106 valence electrons. The fourth-order valence-corrected chi connectivity index (χ4v) is 2.25. The number of amides is 1. The maximum Gasteiger partial charge on any atom is 0.516 e. The minimum absolute atomic E-state index is 0.0372. The molecule has 0 saturated carbocycles. The number of furan rings is 2. The molecule has 11 heteroatoms. The molecule has 3 rings (SSSR count). The summed E-state index contributed by atoms with van der Waals surface area (Å²) in [7, 11) is -5.87. The zero-order valence-electron chi connectivity index (χ0n) is 9.07. The number of sulfonamides is 1. The lowest BCUT2D eigenvalue weighted by Gasteiger charge is -2.08. The van der Waals surface area contributed by atoms with Gasteiger partial charge in [0.1, 0.15) is 16.7 Å². The smallest absolute Gasteiger partial charge is 0.451 e. The van der Waals surface area contributed by atoms with E-state index in [0.717, 1.165) is 10.8 Å². The van der Waals surface area contributed by atoms with Crippen LogP contribution in [0, 0.1) is 0 Å². The molecule has 20 heavy (non-hydrogen) atoms. The van der Waals surface area contributed by atoms with Gasteiger partial charge in [0, 0.05) is 6.07 Å². The van der Waals surface area contributed by atoms with Gasteiger partial charge in [-0.05, 0) is 0 Å². The van der Waals surface area contributed by atoms with Gasteiger partial charge < -0.3 is 9.15 Å². The molecule has 0 spiro atoms. The van der Waals surface area contributed by atoms with E-state index in [1.54, 1.807) is 0 Å². The first-order chi connectivity index (χ1) is 9.12. The summed E-state index contributed by atoms with van der Waals surface area (Å²) in [5.41, 5.74) is -6.96. The zero-order valence-corrected chi connectivity index (χ0v) is 9.89. The number of hydrogen-bond acceptors (Lipinski definition) is 6. The summed E-state index contributed by atoms with van der Waals surface area (Å²) in [6.07, 6.45) is 0. The van der Waals surface area contributed by atoms with Crippen molar-refractivity contribution in [2.45, 2.75) is 5.51 Å². The second kappa shape index (κ2) is 3.42. The molecule has 0 saturated heterocycles. The fourth-order valence-electron chi connectivity index (χ4n) is 1.79. The van der Waals surface area contributed by atoms with Crippen LogP contribution in [0.5, 0.6) is 5.75 Å². The van der Waals surface area contributed by atoms with Crippen LogP contribution in [0.4, 0.5) is 13.2 Å². The number of benzene rings is 1. The largest absolute Gasteiger partial charge is 0.516 e. The maximum atomic E-state index is 12.2. The zero-order chi connectivity index (χ0) is 14.9. The van der Waals surface area contributed by atoms with E-state index < -0.39 is 33.0 Å². The number of fused-ring (bicyclic) bond motifs is 1. The number of alkyl halides is 3. The quantitative estimate of drug-likeness (QED) is 0.830. The van der Waals surface area contributed by atoms with Crippen LogP contribution in [-0.2, 0) is 10.0 Å². The molecule has 0 atom stereocenters. The molecule has 2 bridgehead atoms. The van der Waals surface area contributed by atoms with Crippen molar-refractivity contribution in [1.29, 1.82) is 0 Å². The Morgan fingerprint density at radius 3 is 2.55 bits per heavy atom. The van der Waals surface area contributed by atoms with Crippen LogP contribution in [0.2, 0.25) is 0 Å². The van der Waals surface area contributed by atoms with Crippen molar-refractivity contribution in [1.82, 2.24) is 4.72 Å². The number of carbonyl (C=O) groups is 2. The molecular weight excluding hydrogens is 307 g/mol. The number of rotatable bonds is 2. The SMILES string of the molecule is O=C(NS(=O)(=O)C(F)(F)F)c1c2c3oc1cc3OC2=O. The normalized spacial score (nSPS) is 14.8. The highest BCUT2D eigenvalue weighted by molar-refractivity contribution is 7.90. The van der Waals surface area contributed by atoms with Gasteiger partial charge in [0.05, 0.1) is 0 Å². The second-order valence-electron chi connectivity index (χ2n) is 3.82. The van der Waals surface area contributed by atoms with Crippen LogP contribution in [-0.4, -0.2) is 25.8 Å². The van der Waals surface area contributed by atoms with Crippen molar-refractivity contribution >= 4 is 33.1 Å². The Kier molecular flexibility index (Phi) is 2.17. The van der Waals surface area contributed by atoms with E-state index >= 15 is 0 Å². The Labute approximate surface area is 107 Å². The molecule has 0 aromatic carbocycles. The Hall–Kier alpha value is -2.30. The predicted molar refractivity (Wildman–Crippen MR) is 54.8 cm³/mol. The van der Waals surface area contributed by atoms with E-state index in [9.17, 15) is 31.2 Å². The van der Waals surface area contributed by atoms with Gasteiger partial charge in [-0.1, -0.05) is 0 Å². The molecule has 0 fully saturated rings. The van der Waals surface area contributed by atoms with E-state index in [0.29, 0.717) is 0 Å². The Balaban J connectivity index is 2.02. The van der Waals surface area contributed by atoms with E-state index in [2.05, 4.69) is 4.74 Å². The number of hydrogen-bond donors (Lipinski definition) is 1. The van der Waals surface area contributed by atoms with Crippen molar-refractivity contribution in [3.8, 4) is 5.75 Å². The van der Waals surface area contributed by atoms with Gasteiger partial charge in [0.25, 0.3) is 5.91 Å². The summed E-state index contributed by atoms with van der Waals surface area (Å²) in [5, 5.41) is 0. The fraction of sp³-hybridized carbons (Fsp3) is 0.111. The van der Waals surface area contributed by atoms with Crippen LogP contribution in [0.15, 0.2) is 10.5 Å². The third-order valence-corrected chi connectivity index (χ3v) is 3.65. The molecule has 2 aromatic heterocycles. The van der Waals surface area contributed by atoms with Crippen molar-refractivity contribution in [2.75, 3.05) is 0 Å². The molecule has 2 aromatic rings. The van der Waals surface area contributed by atoms with Crippen LogP contribution in [0.1, 0.15) is 20.7 Å². The summed E-state index contributed by atoms with van der Waals surface area (Å²) >= 11 is 0. The summed E-state index contributed by atoms with van der Waals surface area (Å²) in [4.78, 5) is 23.0. The second-order valence-corrected chi connectivity index (χ2v) is 5.50. The van der Waals surface area contributed by atoms with Crippen molar-refractivity contribution < 1.29 is 40.3 Å².